The first kappa shape index (κ1) is 16.8. The average Bonchev–Trinajstić information content (AvgIpc) is 2.46. The van der Waals surface area contributed by atoms with E-state index in [-0.39, 0.29) is 0 Å². The van der Waals surface area contributed by atoms with Gasteiger partial charge in [-0.2, -0.15) is 0 Å². The Hall–Kier alpha value is -0.260. The summed E-state index contributed by atoms with van der Waals surface area (Å²) in [5.41, 5.74) is 1.33. The van der Waals surface area contributed by atoms with Crippen molar-refractivity contribution in [3.63, 3.8) is 0 Å². The highest BCUT2D eigenvalue weighted by Gasteiger charge is 2.59. The van der Waals surface area contributed by atoms with E-state index in [1.165, 1.54) is 38.5 Å². The van der Waals surface area contributed by atoms with Gasteiger partial charge in [0, 0.05) is 0 Å². The molecule has 19 heavy (non-hydrogen) atoms. The minimum atomic E-state index is 0.369. The Morgan fingerprint density at radius 3 is 1.63 bits per heavy atom. The summed E-state index contributed by atoms with van der Waals surface area (Å²) < 4.78 is 0. The second-order valence-electron chi connectivity index (χ2n) is 6.80. The lowest BCUT2D eigenvalue weighted by molar-refractivity contribution is -0.111. The van der Waals surface area contributed by atoms with Crippen LogP contribution in [0.15, 0.2) is 12.2 Å². The first-order valence-electron chi connectivity index (χ1n) is 8.66. The van der Waals surface area contributed by atoms with Gasteiger partial charge in [0.05, 0.1) is 0 Å². The number of rotatable bonds is 6. The van der Waals surface area contributed by atoms with Crippen molar-refractivity contribution in [2.24, 2.45) is 22.2 Å². The summed E-state index contributed by atoms with van der Waals surface area (Å²) in [4.78, 5) is 0. The molecule has 0 aromatic rings. The summed E-state index contributed by atoms with van der Waals surface area (Å²) in [6, 6.07) is 0. The molecule has 0 spiro atoms. The monoisotopic (exact) mass is 264 g/mol. The second-order valence-corrected chi connectivity index (χ2v) is 6.80. The number of allylic oxidation sites excluding steroid dienone is 2. The Labute approximate surface area is 122 Å². The zero-order chi connectivity index (χ0) is 14.7. The number of hydrogen-bond acceptors (Lipinski definition) is 0. The molecule has 0 bridgehead atoms. The third-order valence-corrected chi connectivity index (χ3v) is 7.10. The van der Waals surface area contributed by atoms with Crippen LogP contribution in [0.25, 0.3) is 0 Å². The fourth-order valence-electron chi connectivity index (χ4n) is 5.79. The molecule has 112 valence electrons. The summed E-state index contributed by atoms with van der Waals surface area (Å²) in [7, 11) is 0. The minimum absolute atomic E-state index is 0.369. The smallest absolute Gasteiger partial charge is 0.00873 e. The Kier molecular flexibility index (Phi) is 5.32. The molecular weight excluding hydrogens is 228 g/mol. The van der Waals surface area contributed by atoms with Crippen molar-refractivity contribution in [3.8, 4) is 0 Å². The third kappa shape index (κ3) is 2.01. The second kappa shape index (κ2) is 6.02. The van der Waals surface area contributed by atoms with Crippen molar-refractivity contribution >= 4 is 0 Å². The van der Waals surface area contributed by atoms with Gasteiger partial charge in [0.1, 0.15) is 0 Å². The molecule has 0 saturated carbocycles. The summed E-state index contributed by atoms with van der Waals surface area (Å²) in [6.45, 7) is 17.0. The van der Waals surface area contributed by atoms with Gasteiger partial charge in [0.25, 0.3) is 0 Å². The standard InChI is InChI=1S/C19H36/c1-8-16-14-15-17(7,9-2)19(12-5,13-6)18(16,10-3)11-4/h14-16H,8-13H2,1-7H3. The summed E-state index contributed by atoms with van der Waals surface area (Å²) in [5, 5.41) is 0. The molecule has 0 saturated heterocycles. The molecule has 0 fully saturated rings. The molecule has 0 heterocycles. The van der Waals surface area contributed by atoms with E-state index in [2.05, 4.69) is 60.6 Å². The highest BCUT2D eigenvalue weighted by atomic mass is 14.6. The van der Waals surface area contributed by atoms with Crippen LogP contribution in [0, 0.1) is 22.2 Å². The van der Waals surface area contributed by atoms with Crippen LogP contribution >= 0.6 is 0 Å². The maximum Gasteiger partial charge on any atom is -0.00873 e. The van der Waals surface area contributed by atoms with Crippen LogP contribution in [0.2, 0.25) is 0 Å². The van der Waals surface area contributed by atoms with Crippen LogP contribution in [-0.2, 0) is 0 Å². The Morgan fingerprint density at radius 1 is 0.789 bits per heavy atom. The third-order valence-electron chi connectivity index (χ3n) is 7.10. The van der Waals surface area contributed by atoms with Crippen molar-refractivity contribution in [2.45, 2.75) is 87.0 Å². The van der Waals surface area contributed by atoms with Gasteiger partial charge in [-0.3, -0.25) is 0 Å². The zero-order valence-electron chi connectivity index (χ0n) is 14.5. The fourth-order valence-corrected chi connectivity index (χ4v) is 5.79. The van der Waals surface area contributed by atoms with E-state index in [4.69, 9.17) is 0 Å². The van der Waals surface area contributed by atoms with E-state index in [9.17, 15) is 0 Å². The van der Waals surface area contributed by atoms with E-state index < -0.39 is 0 Å². The molecule has 1 aliphatic carbocycles. The van der Waals surface area contributed by atoms with Gasteiger partial charge in [-0.1, -0.05) is 60.6 Å². The maximum atomic E-state index is 2.58. The van der Waals surface area contributed by atoms with Crippen LogP contribution in [0.5, 0.6) is 0 Å². The summed E-state index contributed by atoms with van der Waals surface area (Å²) >= 11 is 0. The van der Waals surface area contributed by atoms with Crippen molar-refractivity contribution in [1.82, 2.24) is 0 Å². The van der Waals surface area contributed by atoms with Gasteiger partial charge in [-0.25, -0.2) is 0 Å². The fraction of sp³-hybridized carbons (Fsp3) is 0.895. The number of hydrogen-bond donors (Lipinski definition) is 0. The van der Waals surface area contributed by atoms with Crippen molar-refractivity contribution in [1.29, 1.82) is 0 Å². The van der Waals surface area contributed by atoms with Gasteiger partial charge in [-0.05, 0) is 60.7 Å². The SMILES string of the molecule is CCC1C=CC(C)(CC)C(CC)(CC)C1(CC)CC. The van der Waals surface area contributed by atoms with Gasteiger partial charge >= 0.3 is 0 Å². The zero-order valence-corrected chi connectivity index (χ0v) is 14.5. The Balaban J connectivity index is 3.55. The Morgan fingerprint density at radius 2 is 1.32 bits per heavy atom. The molecule has 0 aromatic heterocycles. The van der Waals surface area contributed by atoms with Crippen molar-refractivity contribution in [3.05, 3.63) is 12.2 Å². The highest BCUT2D eigenvalue weighted by molar-refractivity contribution is 5.21. The molecule has 1 aliphatic rings. The topological polar surface area (TPSA) is 0 Å². The molecule has 1 rings (SSSR count). The molecule has 0 radical (unpaired) electrons. The van der Waals surface area contributed by atoms with Gasteiger partial charge in [0.2, 0.25) is 0 Å². The molecule has 0 nitrogen and oxygen atoms in total. The maximum absolute atomic E-state index is 2.58. The Bertz CT molecular complexity index is 304. The molecule has 0 N–H and O–H groups in total. The molecule has 0 amide bonds. The molecular formula is C19H36. The highest BCUT2D eigenvalue weighted by Crippen LogP contribution is 2.67. The van der Waals surface area contributed by atoms with E-state index in [0.717, 1.165) is 5.92 Å². The summed E-state index contributed by atoms with van der Waals surface area (Å²) in [5.74, 6) is 0.766. The van der Waals surface area contributed by atoms with Gasteiger partial charge in [-0.15, -0.1) is 0 Å². The van der Waals surface area contributed by atoms with E-state index >= 15 is 0 Å². The predicted molar refractivity (Wildman–Crippen MR) is 87.3 cm³/mol. The molecule has 2 atom stereocenters. The lowest BCUT2D eigenvalue weighted by Crippen LogP contribution is -2.56. The van der Waals surface area contributed by atoms with Crippen molar-refractivity contribution in [2.75, 3.05) is 0 Å². The van der Waals surface area contributed by atoms with Crippen molar-refractivity contribution < 1.29 is 0 Å². The van der Waals surface area contributed by atoms with E-state index in [1.54, 1.807) is 0 Å². The van der Waals surface area contributed by atoms with Crippen LogP contribution in [-0.4, -0.2) is 0 Å². The lowest BCUT2D eigenvalue weighted by atomic mass is 9.41. The molecule has 0 aromatic carbocycles. The van der Waals surface area contributed by atoms with Gasteiger partial charge in [0.15, 0.2) is 0 Å². The van der Waals surface area contributed by atoms with Crippen LogP contribution in [0.3, 0.4) is 0 Å². The average molecular weight is 264 g/mol. The predicted octanol–water partition coefficient (Wildman–Crippen LogP) is 6.61. The van der Waals surface area contributed by atoms with E-state index in [1.807, 2.05) is 0 Å². The molecule has 0 aliphatic heterocycles. The lowest BCUT2D eigenvalue weighted by Gasteiger charge is -2.64. The van der Waals surface area contributed by atoms with Crippen LogP contribution < -0.4 is 0 Å². The van der Waals surface area contributed by atoms with Gasteiger partial charge < -0.3 is 0 Å². The first-order chi connectivity index (χ1) is 8.97. The largest absolute Gasteiger partial charge is 0.0843 e. The first-order valence-corrected chi connectivity index (χ1v) is 8.66. The quantitative estimate of drug-likeness (QED) is 0.473. The minimum Gasteiger partial charge on any atom is -0.0843 e. The molecule has 2 unspecified atom stereocenters. The molecule has 0 heteroatoms. The van der Waals surface area contributed by atoms with Crippen LogP contribution in [0.1, 0.15) is 87.0 Å². The van der Waals surface area contributed by atoms with Crippen LogP contribution in [0.4, 0.5) is 0 Å². The summed E-state index contributed by atoms with van der Waals surface area (Å²) in [6.07, 6.45) is 13.0. The van der Waals surface area contributed by atoms with E-state index in [0.29, 0.717) is 16.2 Å². The normalized spacial score (nSPS) is 32.5.